The standard InChI is InChI=1S/C8H9NOS.C2H6/c1-5-4-6-7(11-5)2-3-9-8(6)10;1-2/h4H,2-3H2,1H3,(H,9,10);1-2H3. The van der Waals surface area contributed by atoms with E-state index in [0.29, 0.717) is 0 Å². The highest BCUT2D eigenvalue weighted by atomic mass is 32.1. The number of aryl methyl sites for hydroxylation is 1. The summed E-state index contributed by atoms with van der Waals surface area (Å²) in [6.07, 6.45) is 1.000. The lowest BCUT2D eigenvalue weighted by Crippen LogP contribution is -2.30. The van der Waals surface area contributed by atoms with Crippen molar-refractivity contribution in [2.24, 2.45) is 0 Å². The SMILES string of the molecule is CC.Cc1cc2c(s1)CCNC2=O. The van der Waals surface area contributed by atoms with Gasteiger partial charge in [0.2, 0.25) is 0 Å². The van der Waals surface area contributed by atoms with Crippen LogP contribution in [0.4, 0.5) is 0 Å². The largest absolute Gasteiger partial charge is 0.352 e. The summed E-state index contributed by atoms with van der Waals surface area (Å²) in [6, 6.07) is 1.97. The predicted octanol–water partition coefficient (Wildman–Crippen LogP) is 2.37. The van der Waals surface area contributed by atoms with Crippen LogP contribution >= 0.6 is 11.3 Å². The molecule has 0 aliphatic carbocycles. The zero-order valence-corrected chi connectivity index (χ0v) is 9.12. The maximum atomic E-state index is 11.2. The maximum absolute atomic E-state index is 11.2. The summed E-state index contributed by atoms with van der Waals surface area (Å²) in [6.45, 7) is 6.84. The number of carbonyl (C=O) groups excluding carboxylic acids is 1. The Bertz CT molecular complexity index is 304. The fourth-order valence-electron chi connectivity index (χ4n) is 1.33. The molecule has 2 rings (SSSR count). The van der Waals surface area contributed by atoms with E-state index in [-0.39, 0.29) is 5.91 Å². The molecule has 0 unspecified atom stereocenters. The van der Waals surface area contributed by atoms with Gasteiger partial charge in [-0.3, -0.25) is 4.79 Å². The number of rotatable bonds is 0. The topological polar surface area (TPSA) is 29.1 Å². The number of hydrogen-bond donors (Lipinski definition) is 1. The van der Waals surface area contributed by atoms with E-state index in [4.69, 9.17) is 0 Å². The number of nitrogens with one attached hydrogen (secondary N) is 1. The molecule has 0 bridgehead atoms. The molecule has 0 atom stereocenters. The quantitative estimate of drug-likeness (QED) is 0.679. The molecule has 2 nitrogen and oxygen atoms in total. The average Bonchev–Trinajstić information content (AvgIpc) is 2.51. The smallest absolute Gasteiger partial charge is 0.252 e. The van der Waals surface area contributed by atoms with Crippen molar-refractivity contribution >= 4 is 17.2 Å². The van der Waals surface area contributed by atoms with E-state index >= 15 is 0 Å². The van der Waals surface area contributed by atoms with Crippen LogP contribution in [0.5, 0.6) is 0 Å². The Labute approximate surface area is 83.0 Å². The van der Waals surface area contributed by atoms with Crippen LogP contribution in [0.2, 0.25) is 0 Å². The third-order valence-corrected chi connectivity index (χ3v) is 2.92. The highest BCUT2D eigenvalue weighted by Gasteiger charge is 2.18. The second-order valence-corrected chi connectivity index (χ2v) is 4.04. The Balaban J connectivity index is 0.000000396. The molecule has 1 aromatic heterocycles. The summed E-state index contributed by atoms with van der Waals surface area (Å²) in [7, 11) is 0. The average molecular weight is 197 g/mol. The highest BCUT2D eigenvalue weighted by molar-refractivity contribution is 7.12. The molecule has 2 heterocycles. The molecule has 1 aromatic rings. The third-order valence-electron chi connectivity index (χ3n) is 1.81. The fourth-order valence-corrected chi connectivity index (χ4v) is 2.36. The van der Waals surface area contributed by atoms with Crippen molar-refractivity contribution in [1.82, 2.24) is 5.32 Å². The van der Waals surface area contributed by atoms with Gasteiger partial charge in [0.15, 0.2) is 0 Å². The van der Waals surface area contributed by atoms with Gasteiger partial charge in [-0.05, 0) is 19.4 Å². The van der Waals surface area contributed by atoms with E-state index in [1.165, 1.54) is 9.75 Å². The molecule has 0 fully saturated rings. The molecule has 0 saturated carbocycles. The molecule has 0 radical (unpaired) electrons. The van der Waals surface area contributed by atoms with Crippen LogP contribution in [-0.2, 0) is 6.42 Å². The number of hydrogen-bond acceptors (Lipinski definition) is 2. The molecule has 0 spiro atoms. The van der Waals surface area contributed by atoms with Crippen molar-refractivity contribution in [2.75, 3.05) is 6.54 Å². The first-order valence-electron chi connectivity index (χ1n) is 4.65. The van der Waals surface area contributed by atoms with Gasteiger partial charge in [-0.1, -0.05) is 13.8 Å². The fraction of sp³-hybridized carbons (Fsp3) is 0.500. The lowest BCUT2D eigenvalue weighted by Gasteiger charge is -2.10. The van der Waals surface area contributed by atoms with E-state index in [2.05, 4.69) is 5.32 Å². The van der Waals surface area contributed by atoms with Crippen molar-refractivity contribution in [2.45, 2.75) is 27.2 Å². The van der Waals surface area contributed by atoms with E-state index in [9.17, 15) is 4.79 Å². The molecule has 1 aliphatic rings. The lowest BCUT2D eigenvalue weighted by atomic mass is 10.1. The molecule has 1 amide bonds. The molecular formula is C10H15NOS. The van der Waals surface area contributed by atoms with Gasteiger partial charge in [-0.15, -0.1) is 11.3 Å². The van der Waals surface area contributed by atoms with E-state index in [1.54, 1.807) is 11.3 Å². The van der Waals surface area contributed by atoms with Crippen LogP contribution in [0.25, 0.3) is 0 Å². The summed E-state index contributed by atoms with van der Waals surface area (Å²) in [5, 5.41) is 2.82. The summed E-state index contributed by atoms with van der Waals surface area (Å²) >= 11 is 1.73. The predicted molar refractivity (Wildman–Crippen MR) is 56.4 cm³/mol. The van der Waals surface area contributed by atoms with E-state index in [0.717, 1.165) is 18.5 Å². The summed E-state index contributed by atoms with van der Waals surface area (Å²) in [5.74, 6) is 0.0931. The first-order valence-corrected chi connectivity index (χ1v) is 5.46. The Morgan fingerprint density at radius 2 is 2.15 bits per heavy atom. The van der Waals surface area contributed by atoms with E-state index < -0.39 is 0 Å². The van der Waals surface area contributed by atoms with Gasteiger partial charge in [0, 0.05) is 16.3 Å². The molecular weight excluding hydrogens is 182 g/mol. The van der Waals surface area contributed by atoms with Crippen LogP contribution in [0.3, 0.4) is 0 Å². The summed E-state index contributed by atoms with van der Waals surface area (Å²) in [4.78, 5) is 13.7. The normalized spacial score (nSPS) is 13.9. The zero-order chi connectivity index (χ0) is 9.84. The van der Waals surface area contributed by atoms with Gasteiger partial charge in [0.1, 0.15) is 0 Å². The Hall–Kier alpha value is -0.830. The number of carbonyl (C=O) groups is 1. The first-order chi connectivity index (χ1) is 6.27. The van der Waals surface area contributed by atoms with Gasteiger partial charge >= 0.3 is 0 Å². The first kappa shape index (κ1) is 10.3. The minimum Gasteiger partial charge on any atom is -0.352 e. The molecule has 1 aliphatic heterocycles. The van der Waals surface area contributed by atoms with Crippen LogP contribution in [0.15, 0.2) is 6.07 Å². The van der Waals surface area contributed by atoms with Crippen LogP contribution in [0.1, 0.15) is 34.0 Å². The minimum absolute atomic E-state index is 0.0931. The Morgan fingerprint density at radius 1 is 1.46 bits per heavy atom. The monoisotopic (exact) mass is 197 g/mol. The maximum Gasteiger partial charge on any atom is 0.252 e. The molecule has 0 saturated heterocycles. The molecule has 1 N–H and O–H groups in total. The molecule has 13 heavy (non-hydrogen) atoms. The third kappa shape index (κ3) is 2.10. The van der Waals surface area contributed by atoms with Crippen molar-refractivity contribution in [3.63, 3.8) is 0 Å². The Kier molecular flexibility index (Phi) is 3.48. The number of thiophene rings is 1. The molecule has 72 valence electrons. The Morgan fingerprint density at radius 3 is 2.77 bits per heavy atom. The van der Waals surface area contributed by atoms with Crippen molar-refractivity contribution < 1.29 is 4.79 Å². The van der Waals surface area contributed by atoms with Crippen molar-refractivity contribution in [3.05, 3.63) is 21.4 Å². The second kappa shape index (κ2) is 4.42. The minimum atomic E-state index is 0.0931. The van der Waals surface area contributed by atoms with Crippen LogP contribution < -0.4 is 5.32 Å². The second-order valence-electron chi connectivity index (χ2n) is 2.70. The van der Waals surface area contributed by atoms with Crippen molar-refractivity contribution in [1.29, 1.82) is 0 Å². The van der Waals surface area contributed by atoms with Crippen LogP contribution in [0, 0.1) is 6.92 Å². The zero-order valence-electron chi connectivity index (χ0n) is 8.31. The van der Waals surface area contributed by atoms with Crippen molar-refractivity contribution in [3.8, 4) is 0 Å². The van der Waals surface area contributed by atoms with Crippen LogP contribution in [-0.4, -0.2) is 12.5 Å². The summed E-state index contributed by atoms with van der Waals surface area (Å²) in [5.41, 5.74) is 0.888. The number of fused-ring (bicyclic) bond motifs is 1. The van der Waals surface area contributed by atoms with Gasteiger partial charge in [-0.25, -0.2) is 0 Å². The summed E-state index contributed by atoms with van der Waals surface area (Å²) < 4.78 is 0. The number of amides is 1. The van der Waals surface area contributed by atoms with E-state index in [1.807, 2.05) is 26.8 Å². The van der Waals surface area contributed by atoms with Gasteiger partial charge in [0.05, 0.1) is 5.56 Å². The molecule has 0 aromatic carbocycles. The highest BCUT2D eigenvalue weighted by Crippen LogP contribution is 2.23. The molecule has 3 heteroatoms. The van der Waals surface area contributed by atoms with Gasteiger partial charge in [-0.2, -0.15) is 0 Å². The van der Waals surface area contributed by atoms with Gasteiger partial charge in [0.25, 0.3) is 5.91 Å². The lowest BCUT2D eigenvalue weighted by molar-refractivity contribution is 0.0947. The van der Waals surface area contributed by atoms with Gasteiger partial charge < -0.3 is 5.32 Å².